The van der Waals surface area contributed by atoms with Gasteiger partial charge in [0.1, 0.15) is 5.75 Å². The van der Waals surface area contributed by atoms with Crippen molar-refractivity contribution in [1.29, 1.82) is 0 Å². The van der Waals surface area contributed by atoms with Crippen molar-refractivity contribution in [3.8, 4) is 5.75 Å². The van der Waals surface area contributed by atoms with Crippen LogP contribution in [-0.4, -0.2) is 96.0 Å². The van der Waals surface area contributed by atoms with Gasteiger partial charge < -0.3 is 14.5 Å². The minimum absolute atomic E-state index is 0.00278. The third-order valence-electron chi connectivity index (χ3n) is 7.41. The van der Waals surface area contributed by atoms with E-state index in [1.165, 1.54) is 4.31 Å². The van der Waals surface area contributed by atoms with Crippen LogP contribution < -0.4 is 9.04 Å². The number of hydrogen-bond acceptors (Lipinski definition) is 6. The van der Waals surface area contributed by atoms with Crippen LogP contribution in [0.25, 0.3) is 10.8 Å². The van der Waals surface area contributed by atoms with E-state index in [1.54, 1.807) is 31.4 Å². The summed E-state index contributed by atoms with van der Waals surface area (Å²) in [6.07, 6.45) is 0. The highest BCUT2D eigenvalue weighted by atomic mass is 32.2. The topological polar surface area (TPSA) is 73.4 Å². The summed E-state index contributed by atoms with van der Waals surface area (Å²) >= 11 is 0. The Bertz CT molecular complexity index is 1400. The number of amides is 1. The molecule has 37 heavy (non-hydrogen) atoms. The maximum absolute atomic E-state index is 14.1. The summed E-state index contributed by atoms with van der Waals surface area (Å²) < 4.78 is 35.0. The van der Waals surface area contributed by atoms with Gasteiger partial charge >= 0.3 is 0 Å². The number of likely N-dealkylation sites (N-methyl/N-ethyl adjacent to an activating group) is 1. The van der Waals surface area contributed by atoms with Crippen molar-refractivity contribution < 1.29 is 17.9 Å². The molecule has 2 aliphatic rings. The predicted molar refractivity (Wildman–Crippen MR) is 146 cm³/mol. The minimum atomic E-state index is -3.93. The molecule has 0 radical (unpaired) electrons. The number of rotatable bonds is 7. The van der Waals surface area contributed by atoms with Gasteiger partial charge in [-0.1, -0.05) is 42.5 Å². The smallest absolute Gasteiger partial charge is 0.264 e. The van der Waals surface area contributed by atoms with Crippen LogP contribution in [0.2, 0.25) is 0 Å². The Morgan fingerprint density at radius 3 is 2.32 bits per heavy atom. The van der Waals surface area contributed by atoms with Crippen molar-refractivity contribution >= 4 is 32.4 Å². The van der Waals surface area contributed by atoms with Crippen molar-refractivity contribution in [1.82, 2.24) is 14.7 Å². The molecule has 8 nitrogen and oxygen atoms in total. The summed E-state index contributed by atoms with van der Waals surface area (Å²) in [5.74, 6) is 0.0926. The molecule has 0 N–H and O–H groups in total. The second kappa shape index (κ2) is 10.3. The number of carbonyl (C=O) groups is 1. The van der Waals surface area contributed by atoms with E-state index < -0.39 is 15.9 Å². The summed E-state index contributed by atoms with van der Waals surface area (Å²) in [5, 5.41) is 1.33. The summed E-state index contributed by atoms with van der Waals surface area (Å²) in [6, 6.07) is 18.0. The highest BCUT2D eigenvalue weighted by Crippen LogP contribution is 2.42. The predicted octanol–water partition coefficient (Wildman–Crippen LogP) is 2.85. The van der Waals surface area contributed by atoms with Crippen molar-refractivity contribution in [3.63, 3.8) is 0 Å². The van der Waals surface area contributed by atoms with Gasteiger partial charge in [-0.05, 0) is 37.9 Å². The Morgan fingerprint density at radius 2 is 1.62 bits per heavy atom. The van der Waals surface area contributed by atoms with Gasteiger partial charge in [-0.15, -0.1) is 0 Å². The fourth-order valence-corrected chi connectivity index (χ4v) is 7.03. The molecule has 2 heterocycles. The van der Waals surface area contributed by atoms with Gasteiger partial charge in [0.15, 0.2) is 0 Å². The summed E-state index contributed by atoms with van der Waals surface area (Å²) in [4.78, 5) is 20.3. The van der Waals surface area contributed by atoms with Crippen LogP contribution in [0, 0.1) is 0 Å². The number of fused-ring (bicyclic) bond motifs is 2. The van der Waals surface area contributed by atoms with E-state index in [4.69, 9.17) is 4.74 Å². The number of anilines is 1. The monoisotopic (exact) mass is 522 g/mol. The second-order valence-electron chi connectivity index (χ2n) is 9.93. The fourth-order valence-electron chi connectivity index (χ4n) is 5.33. The lowest BCUT2D eigenvalue weighted by Gasteiger charge is -2.36. The lowest BCUT2D eigenvalue weighted by atomic mass is 9.99. The van der Waals surface area contributed by atoms with Gasteiger partial charge in [-0.3, -0.25) is 14.0 Å². The van der Waals surface area contributed by atoms with Crippen LogP contribution in [0.3, 0.4) is 0 Å². The molecular weight excluding hydrogens is 488 g/mol. The normalized spacial score (nSPS) is 18.4. The van der Waals surface area contributed by atoms with Crippen LogP contribution in [0.4, 0.5) is 5.69 Å². The highest BCUT2D eigenvalue weighted by molar-refractivity contribution is 7.93. The summed E-state index contributed by atoms with van der Waals surface area (Å²) in [7, 11) is 1.77. The third kappa shape index (κ3) is 4.79. The van der Waals surface area contributed by atoms with Gasteiger partial charge in [0.2, 0.25) is 5.91 Å². The van der Waals surface area contributed by atoms with Gasteiger partial charge in [0.25, 0.3) is 10.0 Å². The zero-order valence-electron chi connectivity index (χ0n) is 21.6. The number of piperazine rings is 1. The first-order valence-corrected chi connectivity index (χ1v) is 14.1. The van der Waals surface area contributed by atoms with Crippen molar-refractivity contribution in [2.24, 2.45) is 0 Å². The Morgan fingerprint density at radius 1 is 0.946 bits per heavy atom. The number of benzene rings is 3. The van der Waals surface area contributed by atoms with Crippen molar-refractivity contribution in [3.05, 3.63) is 66.2 Å². The first-order chi connectivity index (χ1) is 17.8. The molecule has 1 amide bonds. The molecule has 3 aromatic rings. The zero-order chi connectivity index (χ0) is 26.2. The number of carbonyl (C=O) groups excluding carboxylic acids is 1. The molecule has 5 rings (SSSR count). The van der Waals surface area contributed by atoms with E-state index >= 15 is 0 Å². The highest BCUT2D eigenvalue weighted by Gasteiger charge is 2.42. The van der Waals surface area contributed by atoms with E-state index in [0.717, 1.165) is 37.1 Å². The third-order valence-corrected chi connectivity index (χ3v) is 9.24. The van der Waals surface area contributed by atoms with E-state index in [0.29, 0.717) is 29.9 Å². The van der Waals surface area contributed by atoms with Crippen LogP contribution >= 0.6 is 0 Å². The molecule has 0 aromatic heterocycles. The van der Waals surface area contributed by atoms with E-state index in [9.17, 15) is 13.2 Å². The van der Waals surface area contributed by atoms with Gasteiger partial charge in [0.05, 0.1) is 30.2 Å². The number of para-hydroxylation sites is 1. The SMILES string of the molecule is COc1ccc(S(=O)(=O)N2CC(C(=O)N3CCN(CCN(C)C)CC3)c3ccccc32)c2ccccc12. The molecule has 3 aromatic carbocycles. The first-order valence-electron chi connectivity index (χ1n) is 12.6. The first kappa shape index (κ1) is 25.5. The molecule has 1 atom stereocenters. The molecule has 0 bridgehead atoms. The second-order valence-corrected chi connectivity index (χ2v) is 11.8. The number of methoxy groups -OCH3 is 1. The quantitative estimate of drug-likeness (QED) is 0.475. The Kier molecular flexibility index (Phi) is 7.11. The average molecular weight is 523 g/mol. The molecule has 196 valence electrons. The van der Waals surface area contributed by atoms with Crippen molar-refractivity contribution in [2.75, 3.05) is 71.3 Å². The molecule has 2 aliphatic heterocycles. The summed E-state index contributed by atoms with van der Waals surface area (Å²) in [6.45, 7) is 5.02. The fraction of sp³-hybridized carbons (Fsp3) is 0.393. The standard InChI is InChI=1S/C28H34N4O4S/c1-29(2)14-15-30-16-18-31(19-17-30)28(33)24-20-32(25-11-7-6-8-21(24)25)37(34,35)27-13-12-26(36-3)22-9-4-5-10-23(22)27/h4-13,24H,14-20H2,1-3H3. The van der Waals surface area contributed by atoms with Crippen LogP contribution in [0.15, 0.2) is 65.6 Å². The van der Waals surface area contributed by atoms with E-state index in [-0.39, 0.29) is 17.3 Å². The molecule has 1 fully saturated rings. The van der Waals surface area contributed by atoms with Crippen molar-refractivity contribution in [2.45, 2.75) is 10.8 Å². The number of sulfonamides is 1. The van der Waals surface area contributed by atoms with E-state index in [1.807, 2.05) is 41.3 Å². The number of hydrogen-bond donors (Lipinski definition) is 0. The lowest BCUT2D eigenvalue weighted by Crippen LogP contribution is -2.51. The maximum Gasteiger partial charge on any atom is 0.264 e. The summed E-state index contributed by atoms with van der Waals surface area (Å²) in [5.41, 5.74) is 1.34. The van der Waals surface area contributed by atoms with Crippen LogP contribution in [0.5, 0.6) is 5.75 Å². The molecule has 9 heteroatoms. The molecule has 1 saturated heterocycles. The van der Waals surface area contributed by atoms with Gasteiger partial charge in [0, 0.05) is 50.0 Å². The van der Waals surface area contributed by atoms with Gasteiger partial charge in [-0.25, -0.2) is 8.42 Å². The molecule has 0 saturated carbocycles. The molecule has 0 aliphatic carbocycles. The Hall–Kier alpha value is -3.14. The lowest BCUT2D eigenvalue weighted by molar-refractivity contribution is -0.134. The van der Waals surface area contributed by atoms with Gasteiger partial charge in [-0.2, -0.15) is 0 Å². The average Bonchev–Trinajstić information content (AvgIpc) is 3.31. The molecular formula is C28H34N4O4S. The number of nitrogens with zero attached hydrogens (tertiary/aromatic N) is 4. The zero-order valence-corrected chi connectivity index (χ0v) is 22.4. The Labute approximate surface area is 219 Å². The van der Waals surface area contributed by atoms with Crippen LogP contribution in [0.1, 0.15) is 11.5 Å². The number of ether oxygens (including phenoxy) is 1. The molecule has 0 spiro atoms. The largest absolute Gasteiger partial charge is 0.496 e. The van der Waals surface area contributed by atoms with E-state index in [2.05, 4.69) is 23.9 Å². The maximum atomic E-state index is 14.1. The Balaban J connectivity index is 1.42. The van der Waals surface area contributed by atoms with Crippen LogP contribution in [-0.2, 0) is 14.8 Å². The minimum Gasteiger partial charge on any atom is -0.496 e. The molecule has 1 unspecified atom stereocenters.